The topological polar surface area (TPSA) is 9.23 Å². The van der Waals surface area contributed by atoms with Gasteiger partial charge in [0.15, 0.2) is 0 Å². The molecule has 0 bridgehead atoms. The maximum Gasteiger partial charge on any atom is 0.124 e. The summed E-state index contributed by atoms with van der Waals surface area (Å²) in [5.41, 5.74) is 0.970. The highest BCUT2D eigenvalue weighted by Crippen LogP contribution is 2.16. The fraction of sp³-hybridized carbons (Fsp3) is 0.500. The van der Waals surface area contributed by atoms with Gasteiger partial charge in [-0.2, -0.15) is 0 Å². The van der Waals surface area contributed by atoms with E-state index in [4.69, 9.17) is 16.3 Å². The Labute approximate surface area is 95.2 Å². The predicted octanol–water partition coefficient (Wildman–Crippen LogP) is 3.84. The third-order valence-electron chi connectivity index (χ3n) is 2.24. The van der Waals surface area contributed by atoms with Gasteiger partial charge in [-0.3, -0.25) is 0 Å². The quantitative estimate of drug-likeness (QED) is 0.675. The van der Waals surface area contributed by atoms with Crippen LogP contribution >= 0.6 is 11.6 Å². The number of hydrogen-bond donors (Lipinski definition) is 0. The van der Waals surface area contributed by atoms with Crippen molar-refractivity contribution in [1.29, 1.82) is 0 Å². The van der Waals surface area contributed by atoms with Gasteiger partial charge in [-0.05, 0) is 43.0 Å². The number of ether oxygens (including phenoxy) is 1. The van der Waals surface area contributed by atoms with Gasteiger partial charge in [0.2, 0.25) is 0 Å². The molecule has 15 heavy (non-hydrogen) atoms. The minimum absolute atomic E-state index is 0.255. The van der Waals surface area contributed by atoms with Crippen LogP contribution in [0.3, 0.4) is 0 Å². The molecule has 0 spiro atoms. The maximum atomic E-state index is 13.0. The Kier molecular flexibility index (Phi) is 5.66. The molecule has 0 aliphatic carbocycles. The van der Waals surface area contributed by atoms with E-state index in [0.29, 0.717) is 5.02 Å². The number of aryl methyl sites for hydroxylation is 1. The van der Waals surface area contributed by atoms with E-state index in [1.54, 1.807) is 13.2 Å². The van der Waals surface area contributed by atoms with E-state index in [0.717, 1.165) is 37.9 Å². The first-order chi connectivity index (χ1) is 7.22. The van der Waals surface area contributed by atoms with Gasteiger partial charge >= 0.3 is 0 Å². The smallest absolute Gasteiger partial charge is 0.124 e. The van der Waals surface area contributed by atoms with Crippen LogP contribution in [0.1, 0.15) is 24.8 Å². The van der Waals surface area contributed by atoms with Crippen molar-refractivity contribution in [3.63, 3.8) is 0 Å². The molecular weight excluding hydrogens is 215 g/mol. The van der Waals surface area contributed by atoms with Crippen LogP contribution in [0.2, 0.25) is 5.02 Å². The number of unbranched alkanes of at least 4 members (excludes halogenated alkanes) is 2. The van der Waals surface area contributed by atoms with Crippen molar-refractivity contribution >= 4 is 11.6 Å². The molecule has 0 aliphatic heterocycles. The number of hydrogen-bond acceptors (Lipinski definition) is 1. The zero-order chi connectivity index (χ0) is 11.1. The fourth-order valence-electron chi connectivity index (χ4n) is 1.51. The molecule has 0 heterocycles. The van der Waals surface area contributed by atoms with Gasteiger partial charge in [0.1, 0.15) is 5.82 Å². The van der Waals surface area contributed by atoms with Crippen LogP contribution in [0.25, 0.3) is 0 Å². The summed E-state index contributed by atoms with van der Waals surface area (Å²) >= 11 is 5.75. The van der Waals surface area contributed by atoms with Gasteiger partial charge in [-0.1, -0.05) is 18.0 Å². The molecule has 0 radical (unpaired) electrons. The van der Waals surface area contributed by atoms with Crippen molar-refractivity contribution in [2.24, 2.45) is 0 Å². The number of rotatable bonds is 6. The number of halogens is 2. The average Bonchev–Trinajstić information content (AvgIpc) is 2.16. The van der Waals surface area contributed by atoms with Gasteiger partial charge in [0, 0.05) is 18.7 Å². The molecule has 3 heteroatoms. The summed E-state index contributed by atoms with van der Waals surface area (Å²) in [4.78, 5) is 0. The summed E-state index contributed by atoms with van der Waals surface area (Å²) < 4.78 is 17.9. The van der Waals surface area contributed by atoms with E-state index < -0.39 is 0 Å². The Morgan fingerprint density at radius 1 is 1.20 bits per heavy atom. The lowest BCUT2D eigenvalue weighted by atomic mass is 10.1. The lowest BCUT2D eigenvalue weighted by Crippen LogP contribution is -1.91. The highest BCUT2D eigenvalue weighted by Gasteiger charge is 1.99. The van der Waals surface area contributed by atoms with Crippen molar-refractivity contribution in [1.82, 2.24) is 0 Å². The van der Waals surface area contributed by atoms with E-state index in [-0.39, 0.29) is 5.82 Å². The highest BCUT2D eigenvalue weighted by atomic mass is 35.5. The Bertz CT molecular complexity index is 281. The Morgan fingerprint density at radius 2 is 2.00 bits per heavy atom. The molecule has 0 aliphatic rings. The van der Waals surface area contributed by atoms with Crippen LogP contribution in [0.15, 0.2) is 18.2 Å². The SMILES string of the molecule is COCCCCCc1cc(F)cc(Cl)c1. The third kappa shape index (κ3) is 5.14. The van der Waals surface area contributed by atoms with Gasteiger partial charge in [-0.15, -0.1) is 0 Å². The summed E-state index contributed by atoms with van der Waals surface area (Å²) in [5, 5.41) is 0.474. The second-order valence-electron chi connectivity index (χ2n) is 3.58. The molecule has 84 valence electrons. The van der Waals surface area contributed by atoms with Crippen molar-refractivity contribution in [3.05, 3.63) is 34.6 Å². The van der Waals surface area contributed by atoms with Crippen LogP contribution in [0, 0.1) is 5.82 Å². The molecule has 1 nitrogen and oxygen atoms in total. The molecule has 0 aromatic heterocycles. The summed E-state index contributed by atoms with van der Waals surface area (Å²) in [7, 11) is 1.70. The molecule has 1 rings (SSSR count). The molecule has 0 amide bonds. The molecule has 0 unspecified atom stereocenters. The third-order valence-corrected chi connectivity index (χ3v) is 2.45. The van der Waals surface area contributed by atoms with Crippen LogP contribution in [0.4, 0.5) is 4.39 Å². The largest absolute Gasteiger partial charge is 0.385 e. The zero-order valence-corrected chi connectivity index (χ0v) is 9.69. The number of benzene rings is 1. The van der Waals surface area contributed by atoms with Gasteiger partial charge < -0.3 is 4.74 Å². The first-order valence-corrected chi connectivity index (χ1v) is 5.54. The van der Waals surface area contributed by atoms with Crippen LogP contribution in [-0.4, -0.2) is 13.7 Å². The minimum atomic E-state index is -0.255. The second kappa shape index (κ2) is 6.81. The standard InChI is InChI=1S/C12H16ClFO/c1-15-6-4-2-3-5-10-7-11(13)9-12(14)8-10/h7-9H,2-6H2,1H3. The van der Waals surface area contributed by atoms with E-state index in [1.807, 2.05) is 6.07 Å². The molecule has 0 fully saturated rings. The van der Waals surface area contributed by atoms with Crippen molar-refractivity contribution in [2.45, 2.75) is 25.7 Å². The number of methoxy groups -OCH3 is 1. The predicted molar refractivity (Wildman–Crippen MR) is 60.8 cm³/mol. The first-order valence-electron chi connectivity index (χ1n) is 5.16. The summed E-state index contributed by atoms with van der Waals surface area (Å²) in [6.07, 6.45) is 4.08. The summed E-state index contributed by atoms with van der Waals surface area (Å²) in [6, 6.07) is 4.69. The lowest BCUT2D eigenvalue weighted by molar-refractivity contribution is 0.192. The molecule has 0 saturated carbocycles. The average molecular weight is 231 g/mol. The van der Waals surface area contributed by atoms with Crippen LogP contribution < -0.4 is 0 Å². The van der Waals surface area contributed by atoms with E-state index in [9.17, 15) is 4.39 Å². The Hall–Kier alpha value is -0.600. The molecular formula is C12H16ClFO. The fourth-order valence-corrected chi connectivity index (χ4v) is 1.75. The first kappa shape index (κ1) is 12.5. The van der Waals surface area contributed by atoms with Gasteiger partial charge in [-0.25, -0.2) is 4.39 Å². The normalized spacial score (nSPS) is 10.6. The van der Waals surface area contributed by atoms with Crippen LogP contribution in [0.5, 0.6) is 0 Å². The second-order valence-corrected chi connectivity index (χ2v) is 4.02. The monoisotopic (exact) mass is 230 g/mol. The lowest BCUT2D eigenvalue weighted by Gasteiger charge is -2.02. The van der Waals surface area contributed by atoms with Gasteiger partial charge in [0.25, 0.3) is 0 Å². The molecule has 0 saturated heterocycles. The van der Waals surface area contributed by atoms with E-state index in [2.05, 4.69) is 0 Å². The molecule has 0 N–H and O–H groups in total. The van der Waals surface area contributed by atoms with Crippen LogP contribution in [-0.2, 0) is 11.2 Å². The summed E-state index contributed by atoms with van der Waals surface area (Å²) in [5.74, 6) is -0.255. The van der Waals surface area contributed by atoms with E-state index >= 15 is 0 Å². The molecule has 1 aromatic rings. The zero-order valence-electron chi connectivity index (χ0n) is 8.93. The molecule has 1 aromatic carbocycles. The highest BCUT2D eigenvalue weighted by molar-refractivity contribution is 6.30. The molecule has 0 atom stereocenters. The minimum Gasteiger partial charge on any atom is -0.385 e. The van der Waals surface area contributed by atoms with Crippen molar-refractivity contribution in [3.8, 4) is 0 Å². The Morgan fingerprint density at radius 3 is 2.67 bits per heavy atom. The van der Waals surface area contributed by atoms with Crippen molar-refractivity contribution < 1.29 is 9.13 Å². The Balaban J connectivity index is 2.31. The van der Waals surface area contributed by atoms with Crippen molar-refractivity contribution in [2.75, 3.05) is 13.7 Å². The van der Waals surface area contributed by atoms with E-state index in [1.165, 1.54) is 6.07 Å². The maximum absolute atomic E-state index is 13.0. The summed E-state index contributed by atoms with van der Waals surface area (Å²) in [6.45, 7) is 0.796. The van der Waals surface area contributed by atoms with Gasteiger partial charge in [0.05, 0.1) is 0 Å².